The van der Waals surface area contributed by atoms with E-state index >= 15 is 0 Å². The van der Waals surface area contributed by atoms with Crippen LogP contribution in [0.4, 0.5) is 4.39 Å². The van der Waals surface area contributed by atoms with Gasteiger partial charge in [-0.3, -0.25) is 0 Å². The van der Waals surface area contributed by atoms with E-state index < -0.39 is 5.67 Å². The van der Waals surface area contributed by atoms with Crippen LogP contribution in [0.2, 0.25) is 0 Å². The maximum absolute atomic E-state index is 13.2. The summed E-state index contributed by atoms with van der Waals surface area (Å²) >= 11 is 0. The van der Waals surface area contributed by atoms with Crippen molar-refractivity contribution in [1.29, 1.82) is 5.26 Å². The van der Waals surface area contributed by atoms with Crippen molar-refractivity contribution in [2.75, 3.05) is 0 Å². The van der Waals surface area contributed by atoms with Gasteiger partial charge in [-0.15, -0.1) is 0 Å². The summed E-state index contributed by atoms with van der Waals surface area (Å²) in [6.07, 6.45) is 0. The zero-order valence-electron chi connectivity index (χ0n) is 6.58. The van der Waals surface area contributed by atoms with E-state index in [1.807, 2.05) is 0 Å². The maximum Gasteiger partial charge on any atom is 0.218 e. The standard InChI is InChI=1S/C9H8FNO/c1-9(10,6-11)7-2-4-8(12)5-3-7/h2-5,12H,1H3. The number of alkyl halides is 1. The first-order valence-corrected chi connectivity index (χ1v) is 3.46. The Hall–Kier alpha value is -1.56. The van der Waals surface area contributed by atoms with Crippen LogP contribution < -0.4 is 0 Å². The lowest BCUT2D eigenvalue weighted by atomic mass is 10.00. The highest BCUT2D eigenvalue weighted by Crippen LogP contribution is 2.25. The van der Waals surface area contributed by atoms with Crippen molar-refractivity contribution in [3.63, 3.8) is 0 Å². The summed E-state index contributed by atoms with van der Waals surface area (Å²) in [5, 5.41) is 17.3. The minimum atomic E-state index is -1.98. The van der Waals surface area contributed by atoms with Crippen molar-refractivity contribution >= 4 is 0 Å². The van der Waals surface area contributed by atoms with Crippen LogP contribution in [0.5, 0.6) is 5.75 Å². The van der Waals surface area contributed by atoms with Crippen LogP contribution in [0.25, 0.3) is 0 Å². The second-order valence-electron chi connectivity index (χ2n) is 2.66. The SMILES string of the molecule is CC(F)(C#N)c1ccc(O)cc1. The van der Waals surface area contributed by atoms with E-state index in [2.05, 4.69) is 0 Å². The molecule has 1 N–H and O–H groups in total. The number of rotatable bonds is 1. The van der Waals surface area contributed by atoms with Gasteiger partial charge in [-0.1, -0.05) is 12.1 Å². The van der Waals surface area contributed by atoms with E-state index in [9.17, 15) is 4.39 Å². The number of hydrogen-bond donors (Lipinski definition) is 1. The van der Waals surface area contributed by atoms with Crippen molar-refractivity contribution in [1.82, 2.24) is 0 Å². The lowest BCUT2D eigenvalue weighted by Crippen LogP contribution is -2.10. The molecule has 1 aromatic carbocycles. The number of phenols is 1. The Bertz CT molecular complexity index is 310. The van der Waals surface area contributed by atoms with Gasteiger partial charge in [0.1, 0.15) is 11.8 Å². The predicted octanol–water partition coefficient (Wildman–Crippen LogP) is 2.10. The third kappa shape index (κ3) is 1.54. The molecular weight excluding hydrogens is 157 g/mol. The smallest absolute Gasteiger partial charge is 0.218 e. The second kappa shape index (κ2) is 2.82. The number of hydrogen-bond acceptors (Lipinski definition) is 2. The first-order chi connectivity index (χ1) is 5.56. The van der Waals surface area contributed by atoms with Crippen LogP contribution in [0.15, 0.2) is 24.3 Å². The maximum atomic E-state index is 13.2. The van der Waals surface area contributed by atoms with Crippen LogP contribution in [0, 0.1) is 11.3 Å². The van der Waals surface area contributed by atoms with E-state index in [-0.39, 0.29) is 11.3 Å². The molecule has 1 atom stereocenters. The van der Waals surface area contributed by atoms with E-state index in [0.29, 0.717) is 0 Å². The summed E-state index contributed by atoms with van der Waals surface area (Å²) in [7, 11) is 0. The number of aromatic hydroxyl groups is 1. The second-order valence-corrected chi connectivity index (χ2v) is 2.66. The summed E-state index contributed by atoms with van der Waals surface area (Å²) in [5.41, 5.74) is -1.73. The van der Waals surface area contributed by atoms with Gasteiger partial charge in [0, 0.05) is 5.56 Å². The summed E-state index contributed by atoms with van der Waals surface area (Å²) in [4.78, 5) is 0. The highest BCUT2D eigenvalue weighted by atomic mass is 19.1. The van der Waals surface area contributed by atoms with Gasteiger partial charge >= 0.3 is 0 Å². The molecule has 0 fully saturated rings. The van der Waals surface area contributed by atoms with Gasteiger partial charge in [0.15, 0.2) is 0 Å². The molecule has 12 heavy (non-hydrogen) atoms. The lowest BCUT2D eigenvalue weighted by molar-refractivity contribution is 0.274. The normalized spacial score (nSPS) is 14.8. The number of halogens is 1. The minimum Gasteiger partial charge on any atom is -0.508 e. The van der Waals surface area contributed by atoms with Crippen LogP contribution in [-0.2, 0) is 5.67 Å². The van der Waals surface area contributed by atoms with E-state index in [1.165, 1.54) is 37.3 Å². The topological polar surface area (TPSA) is 44.0 Å². The number of phenolic OH excluding ortho intramolecular Hbond substituents is 1. The fourth-order valence-electron chi connectivity index (χ4n) is 0.839. The van der Waals surface area contributed by atoms with Crippen molar-refractivity contribution in [2.24, 2.45) is 0 Å². The number of nitriles is 1. The molecule has 1 aromatic rings. The van der Waals surface area contributed by atoms with Gasteiger partial charge in [-0.05, 0) is 19.1 Å². The molecule has 1 rings (SSSR count). The molecule has 3 heteroatoms. The van der Waals surface area contributed by atoms with Gasteiger partial charge in [-0.25, -0.2) is 4.39 Å². The summed E-state index contributed by atoms with van der Waals surface area (Å²) in [6.45, 7) is 1.18. The average Bonchev–Trinajstić information content (AvgIpc) is 2.05. The number of nitrogens with zero attached hydrogens (tertiary/aromatic N) is 1. The van der Waals surface area contributed by atoms with Gasteiger partial charge in [0.2, 0.25) is 5.67 Å². The van der Waals surface area contributed by atoms with Gasteiger partial charge < -0.3 is 5.11 Å². The zero-order valence-corrected chi connectivity index (χ0v) is 6.58. The Morgan fingerprint density at radius 3 is 2.33 bits per heavy atom. The molecule has 0 saturated carbocycles. The molecule has 0 spiro atoms. The van der Waals surface area contributed by atoms with Crippen molar-refractivity contribution in [3.05, 3.63) is 29.8 Å². The van der Waals surface area contributed by atoms with Crippen LogP contribution in [0.3, 0.4) is 0 Å². The Balaban J connectivity index is 3.07. The van der Waals surface area contributed by atoms with Gasteiger partial charge in [0.05, 0.1) is 0 Å². The van der Waals surface area contributed by atoms with Crippen molar-refractivity contribution < 1.29 is 9.50 Å². The van der Waals surface area contributed by atoms with Crippen molar-refractivity contribution in [2.45, 2.75) is 12.6 Å². The summed E-state index contributed by atoms with van der Waals surface area (Å²) in [5.74, 6) is 0.0625. The monoisotopic (exact) mass is 165 g/mol. The molecular formula is C9H8FNO. The number of benzene rings is 1. The molecule has 0 bridgehead atoms. The molecule has 0 saturated heterocycles. The van der Waals surface area contributed by atoms with E-state index in [4.69, 9.17) is 10.4 Å². The van der Waals surface area contributed by atoms with Crippen LogP contribution in [-0.4, -0.2) is 5.11 Å². The zero-order chi connectivity index (χ0) is 9.19. The molecule has 2 nitrogen and oxygen atoms in total. The lowest BCUT2D eigenvalue weighted by Gasteiger charge is -2.10. The average molecular weight is 165 g/mol. The first kappa shape index (κ1) is 8.54. The highest BCUT2D eigenvalue weighted by Gasteiger charge is 2.24. The Morgan fingerprint density at radius 2 is 1.92 bits per heavy atom. The quantitative estimate of drug-likeness (QED) is 0.692. The predicted molar refractivity (Wildman–Crippen MR) is 42.2 cm³/mol. The highest BCUT2D eigenvalue weighted by molar-refractivity contribution is 5.32. The van der Waals surface area contributed by atoms with Gasteiger partial charge in [0.25, 0.3) is 0 Å². The summed E-state index contributed by atoms with van der Waals surface area (Å²) in [6, 6.07) is 7.01. The fourth-order valence-corrected chi connectivity index (χ4v) is 0.839. The van der Waals surface area contributed by atoms with Crippen LogP contribution >= 0.6 is 0 Å². The van der Waals surface area contributed by atoms with Crippen LogP contribution in [0.1, 0.15) is 12.5 Å². The minimum absolute atomic E-state index is 0.0625. The Morgan fingerprint density at radius 1 is 1.42 bits per heavy atom. The molecule has 0 aromatic heterocycles. The first-order valence-electron chi connectivity index (χ1n) is 3.46. The van der Waals surface area contributed by atoms with E-state index in [1.54, 1.807) is 0 Å². The Labute approximate surface area is 69.9 Å². The van der Waals surface area contributed by atoms with Gasteiger partial charge in [-0.2, -0.15) is 5.26 Å². The molecule has 0 aliphatic rings. The molecule has 0 aliphatic carbocycles. The molecule has 62 valence electrons. The third-order valence-electron chi connectivity index (χ3n) is 1.62. The summed E-state index contributed by atoms with van der Waals surface area (Å²) < 4.78 is 13.2. The third-order valence-corrected chi connectivity index (χ3v) is 1.62. The largest absolute Gasteiger partial charge is 0.508 e. The Kier molecular flexibility index (Phi) is 2.01. The fraction of sp³-hybridized carbons (Fsp3) is 0.222. The molecule has 0 aliphatic heterocycles. The molecule has 0 amide bonds. The van der Waals surface area contributed by atoms with Crippen molar-refractivity contribution in [3.8, 4) is 11.8 Å². The molecule has 1 unspecified atom stereocenters. The molecule has 0 heterocycles. The molecule has 0 radical (unpaired) electrons. The van der Waals surface area contributed by atoms with E-state index in [0.717, 1.165) is 0 Å².